The predicted octanol–water partition coefficient (Wildman–Crippen LogP) is 2.23. The highest BCUT2D eigenvalue weighted by molar-refractivity contribution is 5.99. The molecule has 114 valence electrons. The van der Waals surface area contributed by atoms with Gasteiger partial charge in [-0.2, -0.15) is 0 Å². The number of carbonyl (C=O) groups is 2. The molecule has 0 bridgehead atoms. The molecule has 21 heavy (non-hydrogen) atoms. The molecule has 1 saturated heterocycles. The molecular formula is C16H21FN2O2. The second-order valence-electron chi connectivity index (χ2n) is 5.48. The molecule has 1 atom stereocenters. The Balaban J connectivity index is 2.34. The van der Waals surface area contributed by atoms with E-state index in [0.29, 0.717) is 18.4 Å². The third kappa shape index (κ3) is 2.64. The maximum Gasteiger partial charge on any atom is 0.249 e. The van der Waals surface area contributed by atoms with E-state index < -0.39 is 11.6 Å². The Labute approximate surface area is 124 Å². The van der Waals surface area contributed by atoms with Crippen molar-refractivity contribution in [3.63, 3.8) is 0 Å². The summed E-state index contributed by atoms with van der Waals surface area (Å²) in [7, 11) is 0. The third-order valence-corrected chi connectivity index (χ3v) is 4.39. The van der Waals surface area contributed by atoms with Gasteiger partial charge < -0.3 is 10.2 Å². The van der Waals surface area contributed by atoms with Crippen LogP contribution in [0.3, 0.4) is 0 Å². The minimum atomic E-state index is -0.866. The highest BCUT2D eigenvalue weighted by Gasteiger charge is 2.47. The number of halogens is 1. The van der Waals surface area contributed by atoms with Crippen LogP contribution in [0.25, 0.3) is 0 Å². The number of hydrogen-bond donors (Lipinski definition) is 1. The quantitative estimate of drug-likeness (QED) is 0.925. The maximum absolute atomic E-state index is 13.8. The van der Waals surface area contributed by atoms with Crippen LogP contribution in [-0.2, 0) is 16.1 Å². The number of piperazine rings is 1. The zero-order valence-electron chi connectivity index (χ0n) is 12.6. The lowest BCUT2D eigenvalue weighted by atomic mass is 9.87. The van der Waals surface area contributed by atoms with Crippen LogP contribution in [0.4, 0.5) is 4.39 Å². The van der Waals surface area contributed by atoms with Crippen molar-refractivity contribution in [2.24, 2.45) is 0 Å². The lowest BCUT2D eigenvalue weighted by Crippen LogP contribution is -2.69. The number of amides is 2. The molecule has 5 heteroatoms. The standard InChI is InChI=1S/C16H21FN2O2/c1-4-16(5-2)15(21)19(11(3)14(20)18-16)10-12-8-6-7-9-13(12)17/h6-9,11H,4-5,10H2,1-3H3,(H,18,20). The first-order valence-electron chi connectivity index (χ1n) is 7.31. The summed E-state index contributed by atoms with van der Waals surface area (Å²) in [6, 6.07) is 5.74. The van der Waals surface area contributed by atoms with Crippen LogP contribution in [0.15, 0.2) is 24.3 Å². The van der Waals surface area contributed by atoms with Gasteiger partial charge in [0.15, 0.2) is 0 Å². The minimum absolute atomic E-state index is 0.113. The smallest absolute Gasteiger partial charge is 0.249 e. The van der Waals surface area contributed by atoms with Gasteiger partial charge in [0.05, 0.1) is 0 Å². The van der Waals surface area contributed by atoms with Crippen molar-refractivity contribution < 1.29 is 14.0 Å². The molecule has 4 nitrogen and oxygen atoms in total. The van der Waals surface area contributed by atoms with E-state index in [1.165, 1.54) is 11.0 Å². The number of carbonyl (C=O) groups excluding carboxylic acids is 2. The van der Waals surface area contributed by atoms with Gasteiger partial charge in [-0.25, -0.2) is 4.39 Å². The summed E-state index contributed by atoms with van der Waals surface area (Å²) in [5.41, 5.74) is -0.442. The fraction of sp³-hybridized carbons (Fsp3) is 0.500. The van der Waals surface area contributed by atoms with Crippen LogP contribution in [0.2, 0.25) is 0 Å². The van der Waals surface area contributed by atoms with E-state index in [1.54, 1.807) is 25.1 Å². The zero-order chi connectivity index (χ0) is 15.6. The molecule has 0 aromatic heterocycles. The first-order chi connectivity index (χ1) is 9.95. The summed E-state index contributed by atoms with van der Waals surface area (Å²) < 4.78 is 13.8. The highest BCUT2D eigenvalue weighted by Crippen LogP contribution is 2.26. The van der Waals surface area contributed by atoms with Crippen molar-refractivity contribution in [3.8, 4) is 0 Å². The molecule has 0 saturated carbocycles. The van der Waals surface area contributed by atoms with E-state index in [1.807, 2.05) is 13.8 Å². The predicted molar refractivity (Wildman–Crippen MR) is 77.9 cm³/mol. The molecule has 1 aliphatic heterocycles. The normalized spacial score (nSPS) is 21.3. The van der Waals surface area contributed by atoms with Crippen LogP contribution in [0.5, 0.6) is 0 Å². The molecule has 0 spiro atoms. The van der Waals surface area contributed by atoms with Crippen LogP contribution < -0.4 is 5.32 Å². The molecule has 0 aliphatic carbocycles. The third-order valence-electron chi connectivity index (χ3n) is 4.39. The summed E-state index contributed by atoms with van der Waals surface area (Å²) in [6.45, 7) is 5.53. The molecule has 1 heterocycles. The highest BCUT2D eigenvalue weighted by atomic mass is 19.1. The van der Waals surface area contributed by atoms with E-state index in [0.717, 1.165) is 0 Å². The first-order valence-corrected chi connectivity index (χ1v) is 7.31. The van der Waals surface area contributed by atoms with Crippen molar-refractivity contribution in [1.82, 2.24) is 10.2 Å². The SMILES string of the molecule is CCC1(CC)NC(=O)C(C)N(Cc2ccccc2F)C1=O. The first kappa shape index (κ1) is 15.5. The van der Waals surface area contributed by atoms with E-state index >= 15 is 0 Å². The van der Waals surface area contributed by atoms with E-state index in [4.69, 9.17) is 0 Å². The van der Waals surface area contributed by atoms with Gasteiger partial charge in [0.1, 0.15) is 17.4 Å². The molecular weight excluding hydrogens is 271 g/mol. The van der Waals surface area contributed by atoms with Gasteiger partial charge in [-0.05, 0) is 25.8 Å². The summed E-state index contributed by atoms with van der Waals surface area (Å²) >= 11 is 0. The molecule has 2 rings (SSSR count). The van der Waals surface area contributed by atoms with Gasteiger partial charge in [0, 0.05) is 12.1 Å². The lowest BCUT2D eigenvalue weighted by Gasteiger charge is -2.44. The molecule has 1 unspecified atom stereocenters. The average molecular weight is 292 g/mol. The van der Waals surface area contributed by atoms with Gasteiger partial charge in [-0.15, -0.1) is 0 Å². The fourth-order valence-electron chi connectivity index (χ4n) is 2.73. The molecule has 2 amide bonds. The molecule has 1 aromatic rings. The number of nitrogens with one attached hydrogen (secondary N) is 1. The zero-order valence-corrected chi connectivity index (χ0v) is 12.6. The number of hydrogen-bond acceptors (Lipinski definition) is 2. The Bertz CT molecular complexity index is 555. The molecule has 0 radical (unpaired) electrons. The summed E-state index contributed by atoms with van der Waals surface area (Å²) in [5, 5.41) is 2.84. The number of rotatable bonds is 4. The molecule has 1 fully saturated rings. The Morgan fingerprint density at radius 3 is 2.43 bits per heavy atom. The largest absolute Gasteiger partial charge is 0.340 e. The Hall–Kier alpha value is -1.91. The minimum Gasteiger partial charge on any atom is -0.340 e. The maximum atomic E-state index is 13.8. The van der Waals surface area contributed by atoms with E-state index in [2.05, 4.69) is 5.32 Å². The van der Waals surface area contributed by atoms with Crippen LogP contribution >= 0.6 is 0 Å². The van der Waals surface area contributed by atoms with Gasteiger partial charge in [0.2, 0.25) is 11.8 Å². The van der Waals surface area contributed by atoms with E-state index in [-0.39, 0.29) is 24.2 Å². The van der Waals surface area contributed by atoms with Crippen molar-refractivity contribution >= 4 is 11.8 Å². The van der Waals surface area contributed by atoms with Crippen molar-refractivity contribution in [3.05, 3.63) is 35.6 Å². The van der Waals surface area contributed by atoms with E-state index in [9.17, 15) is 14.0 Å². The van der Waals surface area contributed by atoms with Crippen LogP contribution in [0.1, 0.15) is 39.2 Å². The average Bonchev–Trinajstić information content (AvgIpc) is 2.49. The van der Waals surface area contributed by atoms with Gasteiger partial charge in [-0.1, -0.05) is 32.0 Å². The van der Waals surface area contributed by atoms with Crippen LogP contribution in [-0.4, -0.2) is 28.3 Å². The van der Waals surface area contributed by atoms with Crippen LogP contribution in [0, 0.1) is 5.82 Å². The molecule has 1 aliphatic rings. The molecule has 1 aromatic carbocycles. The van der Waals surface area contributed by atoms with Crippen molar-refractivity contribution in [2.45, 2.75) is 51.7 Å². The summed E-state index contributed by atoms with van der Waals surface area (Å²) in [4.78, 5) is 26.4. The Kier molecular flexibility index (Phi) is 4.30. The van der Waals surface area contributed by atoms with Gasteiger partial charge >= 0.3 is 0 Å². The van der Waals surface area contributed by atoms with Gasteiger partial charge in [-0.3, -0.25) is 9.59 Å². The monoisotopic (exact) mass is 292 g/mol. The van der Waals surface area contributed by atoms with Crippen molar-refractivity contribution in [2.75, 3.05) is 0 Å². The molecule has 1 N–H and O–H groups in total. The number of benzene rings is 1. The topological polar surface area (TPSA) is 49.4 Å². The second-order valence-corrected chi connectivity index (χ2v) is 5.48. The van der Waals surface area contributed by atoms with Crippen molar-refractivity contribution in [1.29, 1.82) is 0 Å². The second kappa shape index (κ2) is 5.84. The fourth-order valence-corrected chi connectivity index (χ4v) is 2.73. The lowest BCUT2D eigenvalue weighted by molar-refractivity contribution is -0.155. The Morgan fingerprint density at radius 2 is 1.86 bits per heavy atom. The Morgan fingerprint density at radius 1 is 1.24 bits per heavy atom. The summed E-state index contributed by atoms with van der Waals surface area (Å²) in [6.07, 6.45) is 1.04. The number of nitrogens with zero attached hydrogens (tertiary/aromatic N) is 1. The summed E-state index contributed by atoms with van der Waals surface area (Å²) in [5.74, 6) is -0.681. The van der Waals surface area contributed by atoms with Gasteiger partial charge in [0.25, 0.3) is 0 Å².